The molecular weight excluding hydrogens is 293 g/mol. The van der Waals surface area contributed by atoms with Gasteiger partial charge < -0.3 is 5.32 Å². The molecule has 2 aromatic rings. The molecule has 0 saturated heterocycles. The van der Waals surface area contributed by atoms with Crippen LogP contribution in [0.25, 0.3) is 0 Å². The molecule has 0 heterocycles. The lowest BCUT2D eigenvalue weighted by Crippen LogP contribution is -2.02. The average molecular weight is 308 g/mol. The molecule has 2 aromatic carbocycles. The van der Waals surface area contributed by atoms with Crippen molar-refractivity contribution < 1.29 is 4.39 Å². The molecule has 0 amide bonds. The van der Waals surface area contributed by atoms with Crippen LogP contribution in [0.15, 0.2) is 40.9 Å². The molecule has 0 spiro atoms. The van der Waals surface area contributed by atoms with Crippen molar-refractivity contribution in [3.8, 4) is 0 Å². The molecule has 0 aliphatic carbocycles. The number of aryl methyl sites for hydroxylation is 1. The van der Waals surface area contributed by atoms with Crippen molar-refractivity contribution >= 4 is 21.6 Å². The first-order valence-electron chi connectivity index (χ1n) is 5.82. The maximum atomic E-state index is 13.0. The fourth-order valence-electron chi connectivity index (χ4n) is 1.83. The number of nitrogens with one attached hydrogen (secondary N) is 1. The van der Waals surface area contributed by atoms with E-state index in [0.717, 1.165) is 16.7 Å². The van der Waals surface area contributed by atoms with Crippen molar-refractivity contribution in [1.82, 2.24) is 0 Å². The van der Waals surface area contributed by atoms with Crippen LogP contribution in [0, 0.1) is 19.7 Å². The number of benzene rings is 2. The van der Waals surface area contributed by atoms with Gasteiger partial charge in [0.2, 0.25) is 0 Å². The van der Waals surface area contributed by atoms with Crippen LogP contribution < -0.4 is 5.32 Å². The Kier molecular flexibility index (Phi) is 4.02. The van der Waals surface area contributed by atoms with Crippen molar-refractivity contribution in [2.24, 2.45) is 0 Å². The summed E-state index contributed by atoms with van der Waals surface area (Å²) in [5.41, 5.74) is 4.74. The second-order valence-electron chi connectivity index (χ2n) is 4.34. The van der Waals surface area contributed by atoms with Gasteiger partial charge in [-0.3, -0.25) is 0 Å². The van der Waals surface area contributed by atoms with Crippen LogP contribution in [0.4, 0.5) is 10.1 Å². The van der Waals surface area contributed by atoms with E-state index in [2.05, 4.69) is 53.3 Å². The van der Waals surface area contributed by atoms with E-state index in [1.165, 1.54) is 28.8 Å². The minimum absolute atomic E-state index is 0.237. The van der Waals surface area contributed by atoms with Crippen molar-refractivity contribution in [1.29, 1.82) is 0 Å². The Morgan fingerprint density at radius 3 is 2.67 bits per heavy atom. The van der Waals surface area contributed by atoms with Crippen LogP contribution in [-0.2, 0) is 6.54 Å². The highest BCUT2D eigenvalue weighted by atomic mass is 79.9. The Morgan fingerprint density at radius 1 is 1.17 bits per heavy atom. The van der Waals surface area contributed by atoms with Gasteiger partial charge in [-0.05, 0) is 64.7 Å². The van der Waals surface area contributed by atoms with E-state index in [0.29, 0.717) is 0 Å². The molecular formula is C15H15BrFN. The van der Waals surface area contributed by atoms with Crippen LogP contribution in [0.5, 0.6) is 0 Å². The molecule has 1 nitrogen and oxygen atoms in total. The highest BCUT2D eigenvalue weighted by Crippen LogP contribution is 2.24. The molecule has 0 unspecified atom stereocenters. The van der Waals surface area contributed by atoms with Gasteiger partial charge in [0, 0.05) is 16.7 Å². The second kappa shape index (κ2) is 5.53. The third kappa shape index (κ3) is 2.91. The van der Waals surface area contributed by atoms with Crippen molar-refractivity contribution in [2.45, 2.75) is 20.4 Å². The zero-order chi connectivity index (χ0) is 13.1. The van der Waals surface area contributed by atoms with E-state index >= 15 is 0 Å². The minimum atomic E-state index is -0.237. The van der Waals surface area contributed by atoms with Gasteiger partial charge in [0.05, 0.1) is 0 Å². The highest BCUT2D eigenvalue weighted by molar-refractivity contribution is 9.10. The maximum Gasteiger partial charge on any atom is 0.124 e. The summed E-state index contributed by atoms with van der Waals surface area (Å²) in [5.74, 6) is -0.237. The molecule has 0 atom stereocenters. The van der Waals surface area contributed by atoms with Crippen molar-refractivity contribution in [3.63, 3.8) is 0 Å². The highest BCUT2D eigenvalue weighted by Gasteiger charge is 2.03. The number of anilines is 1. The van der Waals surface area contributed by atoms with Gasteiger partial charge in [0.15, 0.2) is 0 Å². The quantitative estimate of drug-likeness (QED) is 0.857. The predicted octanol–water partition coefficient (Wildman–Crippen LogP) is 4.82. The van der Waals surface area contributed by atoms with Gasteiger partial charge in [-0.15, -0.1) is 0 Å². The predicted molar refractivity (Wildman–Crippen MR) is 77.3 cm³/mol. The van der Waals surface area contributed by atoms with Crippen LogP contribution in [0.1, 0.15) is 16.7 Å². The molecule has 0 aliphatic rings. The molecule has 3 heteroatoms. The normalized spacial score (nSPS) is 10.4. The fourth-order valence-corrected chi connectivity index (χ4v) is 2.32. The molecule has 0 fully saturated rings. The third-order valence-corrected chi connectivity index (χ3v) is 3.77. The first-order chi connectivity index (χ1) is 8.58. The Balaban J connectivity index is 2.14. The van der Waals surface area contributed by atoms with Crippen molar-refractivity contribution in [3.05, 3.63) is 63.4 Å². The third-order valence-electron chi connectivity index (χ3n) is 3.12. The Bertz CT molecular complexity index is 566. The summed E-state index contributed by atoms with van der Waals surface area (Å²) < 4.78 is 13.7. The van der Waals surface area contributed by atoms with Crippen LogP contribution in [0.2, 0.25) is 0 Å². The van der Waals surface area contributed by atoms with Crippen LogP contribution in [-0.4, -0.2) is 0 Å². The summed E-state index contributed by atoms with van der Waals surface area (Å²) >= 11 is 3.35. The number of rotatable bonds is 3. The summed E-state index contributed by atoms with van der Waals surface area (Å²) in [6.45, 7) is 4.95. The zero-order valence-electron chi connectivity index (χ0n) is 10.4. The molecule has 18 heavy (non-hydrogen) atoms. The minimum Gasteiger partial charge on any atom is -0.380 e. The van der Waals surface area contributed by atoms with Crippen LogP contribution in [0.3, 0.4) is 0 Å². The molecule has 0 saturated carbocycles. The lowest BCUT2D eigenvalue weighted by Gasteiger charge is -2.12. The summed E-state index contributed by atoms with van der Waals surface area (Å²) in [4.78, 5) is 0. The summed E-state index contributed by atoms with van der Waals surface area (Å²) in [6.07, 6.45) is 0. The maximum absolute atomic E-state index is 13.0. The first-order valence-corrected chi connectivity index (χ1v) is 6.61. The Morgan fingerprint density at radius 2 is 1.94 bits per heavy atom. The lowest BCUT2D eigenvalue weighted by molar-refractivity contribution is 0.627. The van der Waals surface area contributed by atoms with Crippen LogP contribution >= 0.6 is 15.9 Å². The summed E-state index contributed by atoms with van der Waals surface area (Å²) in [6, 6.07) is 10.9. The molecule has 1 N–H and O–H groups in total. The van der Waals surface area contributed by atoms with Gasteiger partial charge in [0.25, 0.3) is 0 Å². The van der Waals surface area contributed by atoms with E-state index < -0.39 is 0 Å². The Hall–Kier alpha value is -1.35. The largest absolute Gasteiger partial charge is 0.380 e. The number of hydrogen-bond acceptors (Lipinski definition) is 1. The van der Waals surface area contributed by atoms with E-state index in [4.69, 9.17) is 0 Å². The van der Waals surface area contributed by atoms with Gasteiger partial charge >= 0.3 is 0 Å². The molecule has 0 aromatic heterocycles. The Labute approximate surface area is 115 Å². The summed E-state index contributed by atoms with van der Waals surface area (Å²) in [5, 5.41) is 3.31. The first kappa shape index (κ1) is 13.1. The van der Waals surface area contributed by atoms with E-state index in [9.17, 15) is 4.39 Å². The number of hydrogen-bond donors (Lipinski definition) is 1. The molecule has 94 valence electrons. The lowest BCUT2D eigenvalue weighted by atomic mass is 10.0. The van der Waals surface area contributed by atoms with E-state index in [1.807, 2.05) is 0 Å². The average Bonchev–Trinajstić information content (AvgIpc) is 2.33. The standard InChI is InChI=1S/C15H15BrFN/c1-10-4-3-5-12(11(10)2)9-18-15-7-6-13(17)8-14(15)16/h3-8,18H,9H2,1-2H3. The molecule has 0 radical (unpaired) electrons. The summed E-state index contributed by atoms with van der Waals surface area (Å²) in [7, 11) is 0. The number of halogens is 2. The van der Waals surface area contributed by atoms with Crippen molar-refractivity contribution in [2.75, 3.05) is 5.32 Å². The molecule has 0 aliphatic heterocycles. The smallest absolute Gasteiger partial charge is 0.124 e. The van der Waals surface area contributed by atoms with Gasteiger partial charge in [-0.1, -0.05) is 18.2 Å². The molecule has 2 rings (SSSR count). The monoisotopic (exact) mass is 307 g/mol. The van der Waals surface area contributed by atoms with Gasteiger partial charge in [-0.2, -0.15) is 0 Å². The van der Waals surface area contributed by atoms with E-state index in [1.54, 1.807) is 6.07 Å². The topological polar surface area (TPSA) is 12.0 Å². The second-order valence-corrected chi connectivity index (χ2v) is 5.19. The van der Waals surface area contributed by atoms with Gasteiger partial charge in [-0.25, -0.2) is 4.39 Å². The van der Waals surface area contributed by atoms with E-state index in [-0.39, 0.29) is 5.82 Å². The SMILES string of the molecule is Cc1cccc(CNc2ccc(F)cc2Br)c1C. The zero-order valence-corrected chi connectivity index (χ0v) is 12.0. The van der Waals surface area contributed by atoms with Gasteiger partial charge in [0.1, 0.15) is 5.82 Å². The molecule has 0 bridgehead atoms. The fraction of sp³-hybridized carbons (Fsp3) is 0.200.